The van der Waals surface area contributed by atoms with Crippen molar-refractivity contribution < 1.29 is 50.1 Å². The molecule has 2 aromatic carbocycles. The number of aliphatic hydroxyl groups excluding tert-OH is 5. The van der Waals surface area contributed by atoms with Gasteiger partial charge in [0, 0.05) is 40.6 Å². The number of fused-ring (bicyclic) bond motifs is 1. The second-order valence-corrected chi connectivity index (χ2v) is 12.5. The van der Waals surface area contributed by atoms with Gasteiger partial charge in [-0.3, -0.25) is 4.79 Å². The van der Waals surface area contributed by atoms with Gasteiger partial charge in [-0.1, -0.05) is 38.5 Å². The molecule has 1 aliphatic carbocycles. The number of carboxylic acids is 2. The molecule has 1 amide bonds. The van der Waals surface area contributed by atoms with Crippen LogP contribution in [-0.4, -0.2) is 113 Å². The zero-order valence-corrected chi connectivity index (χ0v) is 27.7. The van der Waals surface area contributed by atoms with E-state index in [0.717, 1.165) is 53.9 Å². The number of carboxylic acid groups (broad SMARTS) is 2. The number of hydrogen-bond acceptors (Lipinski definition) is 10. The maximum atomic E-state index is 13.4. The molecule has 270 valence electrons. The first kappa shape index (κ1) is 38.2. The predicted octanol–water partition coefficient (Wildman–Crippen LogP) is 2.36. The molecule has 1 fully saturated rings. The molecule has 5 rings (SSSR count). The molecule has 4 atom stereocenters. The number of amides is 1. The number of likely N-dealkylation sites (N-methyl/N-ethyl adjacent to an activating group) is 1. The maximum Gasteiger partial charge on any atom is 0.335 e. The van der Waals surface area contributed by atoms with Crippen LogP contribution in [0.5, 0.6) is 0 Å². The van der Waals surface area contributed by atoms with Crippen molar-refractivity contribution in [1.82, 2.24) is 20.3 Å². The van der Waals surface area contributed by atoms with Gasteiger partial charge in [-0.2, -0.15) is 0 Å². The summed E-state index contributed by atoms with van der Waals surface area (Å²) in [5, 5.41) is 69.9. The second kappa shape index (κ2) is 17.8. The van der Waals surface area contributed by atoms with Gasteiger partial charge in [-0.15, -0.1) is 0 Å². The van der Waals surface area contributed by atoms with Crippen LogP contribution in [-0.2, 0) is 6.42 Å². The molecule has 15 heteroatoms. The Morgan fingerprint density at radius 1 is 0.880 bits per heavy atom. The molecule has 15 nitrogen and oxygen atoms in total. The highest BCUT2D eigenvalue weighted by atomic mass is 16.4. The zero-order chi connectivity index (χ0) is 36.4. The number of benzene rings is 2. The van der Waals surface area contributed by atoms with Crippen LogP contribution in [0.3, 0.4) is 0 Å². The van der Waals surface area contributed by atoms with Crippen LogP contribution < -0.4 is 10.6 Å². The number of aromatic carboxylic acids is 2. The zero-order valence-electron chi connectivity index (χ0n) is 27.7. The number of carbonyl (C=O) groups is 3. The third-order valence-electron chi connectivity index (χ3n) is 8.71. The van der Waals surface area contributed by atoms with Crippen LogP contribution in [0.2, 0.25) is 0 Å². The first-order valence-corrected chi connectivity index (χ1v) is 16.5. The number of anilines is 1. The predicted molar refractivity (Wildman–Crippen MR) is 184 cm³/mol. The molecule has 0 spiro atoms. The number of nitrogens with one attached hydrogen (secondary N) is 4. The monoisotopic (exact) mass is 695 g/mol. The lowest BCUT2D eigenvalue weighted by molar-refractivity contribution is -0.113. The van der Waals surface area contributed by atoms with E-state index >= 15 is 0 Å². The molecule has 11 N–H and O–H groups in total. The third-order valence-corrected chi connectivity index (χ3v) is 8.71. The van der Waals surface area contributed by atoms with E-state index in [0.29, 0.717) is 18.2 Å². The van der Waals surface area contributed by atoms with Gasteiger partial charge in [0.05, 0.1) is 23.8 Å². The minimum atomic E-state index is -1.55. The Kier molecular flexibility index (Phi) is 13.6. The van der Waals surface area contributed by atoms with Crippen molar-refractivity contribution in [2.75, 3.05) is 25.5 Å². The highest BCUT2D eigenvalue weighted by molar-refractivity contribution is 6.05. The van der Waals surface area contributed by atoms with Gasteiger partial charge in [-0.05, 0) is 61.9 Å². The van der Waals surface area contributed by atoms with Crippen LogP contribution in [0, 0.1) is 5.92 Å². The molecule has 0 aliphatic heterocycles. The number of nitrogens with zero attached hydrogens (tertiary/aromatic N) is 1. The Morgan fingerprint density at radius 2 is 1.52 bits per heavy atom. The third kappa shape index (κ3) is 9.97. The van der Waals surface area contributed by atoms with Gasteiger partial charge in [0.25, 0.3) is 5.91 Å². The molecule has 4 aromatic rings. The van der Waals surface area contributed by atoms with Crippen LogP contribution >= 0.6 is 0 Å². The van der Waals surface area contributed by atoms with Gasteiger partial charge in [0.1, 0.15) is 29.8 Å². The lowest BCUT2D eigenvalue weighted by Gasteiger charge is -2.25. The number of aromatic nitrogens is 3. The fourth-order valence-electron chi connectivity index (χ4n) is 5.97. The Labute approximate surface area is 288 Å². The van der Waals surface area contributed by atoms with Gasteiger partial charge < -0.3 is 56.3 Å². The molecule has 0 radical (unpaired) electrons. The number of hydrogen-bond donors (Lipinski definition) is 11. The van der Waals surface area contributed by atoms with Crippen molar-refractivity contribution in [3.05, 3.63) is 71.2 Å². The van der Waals surface area contributed by atoms with Crippen molar-refractivity contribution in [2.45, 2.75) is 69.4 Å². The molecule has 1 saturated carbocycles. The summed E-state index contributed by atoms with van der Waals surface area (Å²) in [6.45, 7) is -0.569. The minimum absolute atomic E-state index is 0.0843. The van der Waals surface area contributed by atoms with E-state index in [1.165, 1.54) is 25.0 Å². The average Bonchev–Trinajstić information content (AvgIpc) is 3.67. The highest BCUT2D eigenvalue weighted by Gasteiger charge is 2.29. The summed E-state index contributed by atoms with van der Waals surface area (Å²) in [6.07, 6.45) is 3.85. The topological polar surface area (TPSA) is 261 Å². The first-order chi connectivity index (χ1) is 23.9. The fourth-order valence-corrected chi connectivity index (χ4v) is 5.97. The number of aromatic amines is 2. The molecule has 0 unspecified atom stereocenters. The van der Waals surface area contributed by atoms with E-state index < -0.39 is 48.9 Å². The molecule has 2 heterocycles. The van der Waals surface area contributed by atoms with Crippen LogP contribution in [0.25, 0.3) is 22.3 Å². The Bertz CT molecular complexity index is 1710. The lowest BCUT2D eigenvalue weighted by Crippen LogP contribution is -2.48. The van der Waals surface area contributed by atoms with Crippen LogP contribution in [0.1, 0.15) is 75.4 Å². The number of aliphatic hydroxyl groups is 5. The molecular formula is C35H45N5O10. The second-order valence-electron chi connectivity index (χ2n) is 12.5. The average molecular weight is 696 g/mol. The van der Waals surface area contributed by atoms with Gasteiger partial charge >= 0.3 is 11.9 Å². The van der Waals surface area contributed by atoms with Gasteiger partial charge in [0.15, 0.2) is 0 Å². The van der Waals surface area contributed by atoms with Crippen molar-refractivity contribution in [1.29, 1.82) is 0 Å². The lowest BCUT2D eigenvalue weighted by atomic mass is 9.94. The molecule has 2 aromatic heterocycles. The molecule has 50 heavy (non-hydrogen) atoms. The van der Waals surface area contributed by atoms with Crippen molar-refractivity contribution in [3.8, 4) is 11.4 Å². The Balaban J connectivity index is 0.000000369. The SMILES string of the molecule is CNC[C@H](O)[C@@H](O)[C@H](O)[C@H](O)CO.O=C(O)c1cc(NC(=O)c2nc(-c3ccc4[nH]ccc4c3)[nH]c2CC2CCCCCC2)cc(C(=O)O)c1. The summed E-state index contributed by atoms with van der Waals surface area (Å²) in [6, 6.07) is 11.4. The number of imidazole rings is 1. The Morgan fingerprint density at radius 3 is 2.12 bits per heavy atom. The number of rotatable bonds is 13. The summed E-state index contributed by atoms with van der Waals surface area (Å²) in [7, 11) is 1.57. The summed E-state index contributed by atoms with van der Waals surface area (Å²) < 4.78 is 0. The summed E-state index contributed by atoms with van der Waals surface area (Å²) >= 11 is 0. The van der Waals surface area contributed by atoms with E-state index in [-0.39, 0.29) is 29.1 Å². The van der Waals surface area contributed by atoms with Crippen LogP contribution in [0.4, 0.5) is 5.69 Å². The summed E-state index contributed by atoms with van der Waals surface area (Å²) in [4.78, 5) is 47.6. The van der Waals surface area contributed by atoms with Gasteiger partial charge in [0.2, 0.25) is 0 Å². The first-order valence-electron chi connectivity index (χ1n) is 16.5. The normalized spacial score (nSPS) is 16.0. The van der Waals surface area contributed by atoms with Gasteiger partial charge in [-0.25, -0.2) is 14.6 Å². The van der Waals surface area contributed by atoms with Crippen LogP contribution in [0.15, 0.2) is 48.7 Å². The van der Waals surface area contributed by atoms with E-state index in [9.17, 15) is 29.7 Å². The molecule has 0 bridgehead atoms. The van der Waals surface area contributed by atoms with Crippen molar-refractivity contribution >= 4 is 34.4 Å². The maximum absolute atomic E-state index is 13.4. The largest absolute Gasteiger partial charge is 0.478 e. The minimum Gasteiger partial charge on any atom is -0.478 e. The molecular weight excluding hydrogens is 650 g/mol. The highest BCUT2D eigenvalue weighted by Crippen LogP contribution is 2.29. The van der Waals surface area contributed by atoms with E-state index in [2.05, 4.69) is 25.6 Å². The number of H-pyrrole nitrogens is 2. The van der Waals surface area contributed by atoms with Crippen molar-refractivity contribution in [2.24, 2.45) is 5.92 Å². The standard InChI is InChI=1S/C28H28N4O5.C7H17NO5/c33-26(30-21-14-19(27(34)35)13-20(15-21)28(36)37)24-23(11-16-5-3-1-2-4-6-16)31-25(32-24)18-7-8-22-17(12-18)9-10-29-22;1-8-2-4(10)6(12)7(13)5(11)3-9/h7-10,12-16,29H,1-6,11H2,(H,30,33)(H,31,32)(H,34,35)(H,36,37);4-13H,2-3H2,1H3/t;4-,5+,6+,7+/m.0/s1. The molecule has 0 saturated heterocycles. The van der Waals surface area contributed by atoms with E-state index in [4.69, 9.17) is 20.4 Å². The van der Waals surface area contributed by atoms with Crippen molar-refractivity contribution in [3.63, 3.8) is 0 Å². The van der Waals surface area contributed by atoms with E-state index in [1.54, 1.807) is 7.05 Å². The van der Waals surface area contributed by atoms with E-state index in [1.807, 2.05) is 30.5 Å². The Hall–Kier alpha value is -4.64. The summed E-state index contributed by atoms with van der Waals surface area (Å²) in [5.74, 6) is -2.08. The fraction of sp³-hybridized carbons (Fsp3) is 0.429. The quantitative estimate of drug-likeness (QED) is 0.0901. The molecule has 1 aliphatic rings. The number of carbonyl (C=O) groups excluding carboxylic acids is 1. The summed E-state index contributed by atoms with van der Waals surface area (Å²) in [5.41, 5.74) is 2.43. The smallest absolute Gasteiger partial charge is 0.335 e.